The summed E-state index contributed by atoms with van der Waals surface area (Å²) in [7, 11) is 1.58. The maximum atomic E-state index is 11.7. The Morgan fingerprint density at radius 2 is 2.11 bits per heavy atom. The molecule has 0 aliphatic heterocycles. The largest absolute Gasteiger partial charge is 0.496 e. The normalized spacial score (nSPS) is 10.3. The highest BCUT2D eigenvalue weighted by atomic mass is 16.5. The lowest BCUT2D eigenvalue weighted by atomic mass is 10.2. The Hall–Kier alpha value is -2.30. The number of methoxy groups -OCH3 is 1. The predicted molar refractivity (Wildman–Crippen MR) is 69.7 cm³/mol. The van der Waals surface area contributed by atoms with E-state index in [1.165, 1.54) is 10.7 Å². The van der Waals surface area contributed by atoms with Crippen LogP contribution in [0.4, 0.5) is 5.69 Å². The van der Waals surface area contributed by atoms with Gasteiger partial charge in [0.05, 0.1) is 19.3 Å². The summed E-state index contributed by atoms with van der Waals surface area (Å²) in [5.41, 5.74) is 7.84. The number of ether oxygens (including phenoxy) is 1. The molecule has 2 aromatic rings. The van der Waals surface area contributed by atoms with Crippen LogP contribution in [0.25, 0.3) is 0 Å². The molecule has 0 radical (unpaired) electrons. The fourth-order valence-electron chi connectivity index (χ4n) is 1.75. The van der Waals surface area contributed by atoms with Gasteiger partial charge < -0.3 is 10.5 Å². The van der Waals surface area contributed by atoms with E-state index in [0.29, 0.717) is 18.0 Å². The van der Waals surface area contributed by atoms with Gasteiger partial charge in [-0.25, -0.2) is 4.68 Å². The molecular formula is C13H15N3O2. The fourth-order valence-corrected chi connectivity index (χ4v) is 1.75. The third kappa shape index (κ3) is 2.51. The number of nitrogens with zero attached hydrogens (tertiary/aromatic N) is 2. The zero-order valence-corrected chi connectivity index (χ0v) is 10.4. The van der Waals surface area contributed by atoms with Gasteiger partial charge in [0.1, 0.15) is 5.75 Å². The lowest BCUT2D eigenvalue weighted by Gasteiger charge is -2.10. The van der Waals surface area contributed by atoms with E-state index >= 15 is 0 Å². The van der Waals surface area contributed by atoms with Crippen LogP contribution in [-0.4, -0.2) is 16.9 Å². The first kappa shape index (κ1) is 12.2. The standard InChI is InChI=1S/C13H15N3O2/c1-9-3-6-13(17)16(15-9)8-10-7-11(14)4-5-12(10)18-2/h3-7H,8,14H2,1-2H3. The second kappa shape index (κ2) is 4.91. The van der Waals surface area contributed by atoms with Gasteiger partial charge in [0.2, 0.25) is 0 Å². The molecule has 0 amide bonds. The third-order valence-electron chi connectivity index (χ3n) is 2.62. The summed E-state index contributed by atoms with van der Waals surface area (Å²) in [5, 5.41) is 4.18. The lowest BCUT2D eigenvalue weighted by molar-refractivity contribution is 0.406. The van der Waals surface area contributed by atoms with Crippen LogP contribution in [0.15, 0.2) is 35.1 Å². The summed E-state index contributed by atoms with van der Waals surface area (Å²) >= 11 is 0. The van der Waals surface area contributed by atoms with Crippen LogP contribution in [0, 0.1) is 6.92 Å². The molecule has 5 heteroatoms. The molecular weight excluding hydrogens is 230 g/mol. The summed E-state index contributed by atoms with van der Waals surface area (Å²) in [4.78, 5) is 11.7. The second-order valence-corrected chi connectivity index (χ2v) is 4.04. The first-order chi connectivity index (χ1) is 8.60. The molecule has 1 aromatic heterocycles. The topological polar surface area (TPSA) is 70.1 Å². The van der Waals surface area contributed by atoms with Crippen LogP contribution >= 0.6 is 0 Å². The minimum Gasteiger partial charge on any atom is -0.496 e. The van der Waals surface area contributed by atoms with E-state index in [1.807, 2.05) is 6.92 Å². The highest BCUT2D eigenvalue weighted by molar-refractivity contribution is 5.47. The predicted octanol–water partition coefficient (Wildman–Crippen LogP) is 1.19. The fraction of sp³-hybridized carbons (Fsp3) is 0.231. The number of hydrogen-bond donors (Lipinski definition) is 1. The van der Waals surface area contributed by atoms with E-state index in [-0.39, 0.29) is 5.56 Å². The van der Waals surface area contributed by atoms with E-state index in [1.54, 1.807) is 31.4 Å². The monoisotopic (exact) mass is 245 g/mol. The molecule has 0 aliphatic rings. The molecule has 0 bridgehead atoms. The minimum absolute atomic E-state index is 0.148. The average Bonchev–Trinajstić information content (AvgIpc) is 2.34. The van der Waals surface area contributed by atoms with Crippen LogP contribution in [0.1, 0.15) is 11.3 Å². The van der Waals surface area contributed by atoms with Gasteiger partial charge in [-0.2, -0.15) is 5.10 Å². The van der Waals surface area contributed by atoms with Crippen molar-refractivity contribution in [2.24, 2.45) is 0 Å². The van der Waals surface area contributed by atoms with Gasteiger partial charge in [-0.05, 0) is 31.2 Å². The molecule has 0 saturated heterocycles. The first-order valence-corrected chi connectivity index (χ1v) is 5.57. The van der Waals surface area contributed by atoms with E-state index in [0.717, 1.165) is 11.3 Å². The first-order valence-electron chi connectivity index (χ1n) is 5.57. The number of aryl methyl sites for hydroxylation is 1. The second-order valence-electron chi connectivity index (χ2n) is 4.04. The highest BCUT2D eigenvalue weighted by Crippen LogP contribution is 2.21. The molecule has 0 aliphatic carbocycles. The molecule has 0 fully saturated rings. The number of nitrogens with two attached hydrogens (primary N) is 1. The molecule has 0 atom stereocenters. The number of rotatable bonds is 3. The Morgan fingerprint density at radius 3 is 2.83 bits per heavy atom. The Bertz CT molecular complexity index is 620. The van der Waals surface area contributed by atoms with Gasteiger partial charge in [-0.15, -0.1) is 0 Å². The minimum atomic E-state index is -0.148. The Labute approximate surface area is 105 Å². The molecule has 1 heterocycles. The molecule has 2 N–H and O–H groups in total. The zero-order chi connectivity index (χ0) is 13.1. The van der Waals surface area contributed by atoms with Crippen molar-refractivity contribution < 1.29 is 4.74 Å². The number of benzene rings is 1. The van der Waals surface area contributed by atoms with Crippen molar-refractivity contribution in [3.8, 4) is 5.75 Å². The molecule has 5 nitrogen and oxygen atoms in total. The van der Waals surface area contributed by atoms with Crippen molar-refractivity contribution in [3.05, 3.63) is 51.9 Å². The van der Waals surface area contributed by atoms with Gasteiger partial charge >= 0.3 is 0 Å². The molecule has 0 unspecified atom stereocenters. The van der Waals surface area contributed by atoms with E-state index in [4.69, 9.17) is 10.5 Å². The van der Waals surface area contributed by atoms with Crippen LogP contribution in [0.5, 0.6) is 5.75 Å². The van der Waals surface area contributed by atoms with Crippen LogP contribution in [-0.2, 0) is 6.54 Å². The summed E-state index contributed by atoms with van der Waals surface area (Å²) in [5.74, 6) is 0.694. The SMILES string of the molecule is COc1ccc(N)cc1Cn1nc(C)ccc1=O. The molecule has 2 rings (SSSR count). The zero-order valence-electron chi connectivity index (χ0n) is 10.4. The molecule has 0 saturated carbocycles. The number of aromatic nitrogens is 2. The van der Waals surface area contributed by atoms with Gasteiger partial charge in [0.25, 0.3) is 5.56 Å². The smallest absolute Gasteiger partial charge is 0.267 e. The maximum Gasteiger partial charge on any atom is 0.267 e. The van der Waals surface area contributed by atoms with Crippen LogP contribution in [0.2, 0.25) is 0 Å². The molecule has 1 aromatic carbocycles. The van der Waals surface area contributed by atoms with Crippen molar-refractivity contribution >= 4 is 5.69 Å². The van der Waals surface area contributed by atoms with Crippen molar-refractivity contribution in [2.45, 2.75) is 13.5 Å². The van der Waals surface area contributed by atoms with Gasteiger partial charge in [0, 0.05) is 17.3 Å². The highest BCUT2D eigenvalue weighted by Gasteiger charge is 2.06. The molecule has 94 valence electrons. The summed E-state index contributed by atoms with van der Waals surface area (Å²) < 4.78 is 6.64. The third-order valence-corrected chi connectivity index (χ3v) is 2.62. The van der Waals surface area contributed by atoms with Crippen molar-refractivity contribution in [2.75, 3.05) is 12.8 Å². The van der Waals surface area contributed by atoms with Crippen molar-refractivity contribution in [3.63, 3.8) is 0 Å². The molecule has 0 spiro atoms. The van der Waals surface area contributed by atoms with Crippen molar-refractivity contribution in [1.82, 2.24) is 9.78 Å². The summed E-state index contributed by atoms with van der Waals surface area (Å²) in [6.45, 7) is 2.18. The Morgan fingerprint density at radius 1 is 1.33 bits per heavy atom. The van der Waals surface area contributed by atoms with Crippen LogP contribution in [0.3, 0.4) is 0 Å². The number of nitrogen functional groups attached to an aromatic ring is 1. The van der Waals surface area contributed by atoms with Crippen LogP contribution < -0.4 is 16.0 Å². The Balaban J connectivity index is 2.42. The summed E-state index contributed by atoms with van der Waals surface area (Å²) in [6, 6.07) is 8.52. The number of anilines is 1. The van der Waals surface area contributed by atoms with E-state index < -0.39 is 0 Å². The summed E-state index contributed by atoms with van der Waals surface area (Å²) in [6.07, 6.45) is 0. The van der Waals surface area contributed by atoms with E-state index in [2.05, 4.69) is 5.10 Å². The quantitative estimate of drug-likeness (QED) is 0.825. The van der Waals surface area contributed by atoms with Gasteiger partial charge in [-0.3, -0.25) is 4.79 Å². The molecule has 18 heavy (non-hydrogen) atoms. The average molecular weight is 245 g/mol. The van der Waals surface area contributed by atoms with Gasteiger partial charge in [-0.1, -0.05) is 0 Å². The lowest BCUT2D eigenvalue weighted by Crippen LogP contribution is -2.23. The number of hydrogen-bond acceptors (Lipinski definition) is 4. The maximum absolute atomic E-state index is 11.7. The van der Waals surface area contributed by atoms with Gasteiger partial charge in [0.15, 0.2) is 0 Å². The Kier molecular flexibility index (Phi) is 3.32. The van der Waals surface area contributed by atoms with E-state index in [9.17, 15) is 4.79 Å². The van der Waals surface area contributed by atoms with Crippen molar-refractivity contribution in [1.29, 1.82) is 0 Å².